The number of fused-ring (bicyclic) bond motifs is 2. The molecule has 0 unspecified atom stereocenters. The van der Waals surface area contributed by atoms with Gasteiger partial charge in [0, 0.05) is 5.56 Å². The van der Waals surface area contributed by atoms with Gasteiger partial charge in [-0.15, -0.1) is 6.58 Å². The predicted octanol–water partition coefficient (Wildman–Crippen LogP) is 5.55. The lowest BCUT2D eigenvalue weighted by atomic mass is 9.83. The first-order valence-corrected chi connectivity index (χ1v) is 9.37. The Hall–Kier alpha value is -2.02. The highest BCUT2D eigenvalue weighted by Gasteiger charge is 2.21. The lowest BCUT2D eigenvalue weighted by Gasteiger charge is -2.23. The molecule has 0 amide bonds. The predicted molar refractivity (Wildman–Crippen MR) is 101 cm³/mol. The highest BCUT2D eigenvalue weighted by molar-refractivity contribution is 5.77. The molecule has 0 saturated heterocycles. The molecule has 2 aromatic carbocycles. The molecule has 0 bridgehead atoms. The van der Waals surface area contributed by atoms with Crippen LogP contribution in [0.15, 0.2) is 36.9 Å². The van der Waals surface area contributed by atoms with Crippen molar-refractivity contribution in [3.05, 3.63) is 64.7 Å². The molecule has 0 fully saturated rings. The van der Waals surface area contributed by atoms with E-state index in [-0.39, 0.29) is 0 Å². The molecule has 2 aliphatic rings. The van der Waals surface area contributed by atoms with Crippen molar-refractivity contribution in [3.63, 3.8) is 0 Å². The molecule has 0 heterocycles. The average Bonchev–Trinajstić information content (AvgIpc) is 2.62. The van der Waals surface area contributed by atoms with Crippen molar-refractivity contribution in [2.24, 2.45) is 0 Å². The van der Waals surface area contributed by atoms with Crippen LogP contribution in [-0.4, -0.2) is 5.11 Å². The molecule has 0 aromatic heterocycles. The van der Waals surface area contributed by atoms with Gasteiger partial charge in [0.25, 0.3) is 0 Å². The van der Waals surface area contributed by atoms with Gasteiger partial charge >= 0.3 is 0 Å². The summed E-state index contributed by atoms with van der Waals surface area (Å²) in [6, 6.07) is 9.14. The van der Waals surface area contributed by atoms with Crippen molar-refractivity contribution >= 4 is 0 Å². The van der Waals surface area contributed by atoms with Crippen molar-refractivity contribution in [1.82, 2.24) is 0 Å². The fraction of sp³-hybridized carbons (Fsp3) is 0.391. The molecule has 0 saturated carbocycles. The van der Waals surface area contributed by atoms with E-state index in [2.05, 4.69) is 30.8 Å². The maximum absolute atomic E-state index is 11.1. The molecule has 0 atom stereocenters. The quantitative estimate of drug-likeness (QED) is 0.736. The van der Waals surface area contributed by atoms with Crippen molar-refractivity contribution in [3.8, 4) is 16.9 Å². The van der Waals surface area contributed by atoms with Crippen molar-refractivity contribution in [2.75, 3.05) is 0 Å². The van der Waals surface area contributed by atoms with Crippen LogP contribution in [0.2, 0.25) is 0 Å². The van der Waals surface area contributed by atoms with E-state index >= 15 is 0 Å². The van der Waals surface area contributed by atoms with Gasteiger partial charge in [0.1, 0.15) is 5.75 Å². The topological polar surface area (TPSA) is 20.2 Å². The summed E-state index contributed by atoms with van der Waals surface area (Å²) in [5.74, 6) is 0.528. The summed E-state index contributed by atoms with van der Waals surface area (Å²) in [4.78, 5) is 0. The van der Waals surface area contributed by atoms with Crippen molar-refractivity contribution in [1.29, 1.82) is 0 Å². The summed E-state index contributed by atoms with van der Waals surface area (Å²) in [5.41, 5.74) is 8.94. The maximum Gasteiger partial charge on any atom is 0.127 e. The normalized spacial score (nSPS) is 16.3. The fourth-order valence-corrected chi connectivity index (χ4v) is 4.47. The Bertz CT molecular complexity index is 785. The minimum atomic E-state index is 0.528. The Morgan fingerprint density at radius 3 is 2.38 bits per heavy atom. The van der Waals surface area contributed by atoms with Crippen molar-refractivity contribution in [2.45, 2.75) is 57.8 Å². The molecule has 124 valence electrons. The lowest BCUT2D eigenvalue weighted by Crippen LogP contribution is -2.07. The number of hydrogen-bond acceptors (Lipinski definition) is 1. The van der Waals surface area contributed by atoms with E-state index in [0.717, 1.165) is 24.8 Å². The molecule has 2 aromatic rings. The highest BCUT2D eigenvalue weighted by Crippen LogP contribution is 2.41. The molecule has 2 aliphatic carbocycles. The monoisotopic (exact) mass is 318 g/mol. The van der Waals surface area contributed by atoms with Gasteiger partial charge in [-0.05, 0) is 91.2 Å². The average molecular weight is 318 g/mol. The molecular formula is C23H26O. The third kappa shape index (κ3) is 2.66. The van der Waals surface area contributed by atoms with Gasteiger partial charge in [0.15, 0.2) is 0 Å². The SMILES string of the molecule is C=CCc1cc2c(c(O)c1-c1ccc3c(c1)CCCC3)CCCC2. The van der Waals surface area contributed by atoms with E-state index < -0.39 is 0 Å². The summed E-state index contributed by atoms with van der Waals surface area (Å²) in [6.45, 7) is 3.92. The van der Waals surface area contributed by atoms with Crippen LogP contribution in [0.4, 0.5) is 0 Å². The smallest absolute Gasteiger partial charge is 0.127 e. The van der Waals surface area contributed by atoms with Gasteiger partial charge < -0.3 is 5.11 Å². The molecule has 1 N–H and O–H groups in total. The molecule has 24 heavy (non-hydrogen) atoms. The van der Waals surface area contributed by atoms with Crippen LogP contribution >= 0.6 is 0 Å². The van der Waals surface area contributed by atoms with Crippen LogP contribution in [0.5, 0.6) is 5.75 Å². The Kier molecular flexibility index (Phi) is 4.18. The molecule has 0 radical (unpaired) electrons. The van der Waals surface area contributed by atoms with E-state index in [1.807, 2.05) is 6.08 Å². The molecule has 1 nitrogen and oxygen atoms in total. The standard InChI is InChI=1S/C23H26O/c1-2-7-19-15-18-10-5-6-11-21(18)23(24)22(19)20-13-12-16-8-3-4-9-17(16)14-20/h2,12-15,24H,1,3-11H2. The first kappa shape index (κ1) is 15.5. The Balaban J connectivity index is 1.88. The van der Waals surface area contributed by atoms with Gasteiger partial charge in [0.2, 0.25) is 0 Å². The van der Waals surface area contributed by atoms with Gasteiger partial charge in [-0.2, -0.15) is 0 Å². The minimum Gasteiger partial charge on any atom is -0.507 e. The number of aryl methyl sites for hydroxylation is 3. The van der Waals surface area contributed by atoms with E-state index in [0.29, 0.717) is 5.75 Å². The zero-order valence-corrected chi connectivity index (χ0v) is 14.4. The summed E-state index contributed by atoms with van der Waals surface area (Å²) in [6.07, 6.45) is 12.2. The lowest BCUT2D eigenvalue weighted by molar-refractivity contribution is 0.463. The number of allylic oxidation sites excluding steroid dienone is 1. The van der Waals surface area contributed by atoms with Gasteiger partial charge in [-0.3, -0.25) is 0 Å². The van der Waals surface area contributed by atoms with Gasteiger partial charge in [-0.25, -0.2) is 0 Å². The number of aromatic hydroxyl groups is 1. The van der Waals surface area contributed by atoms with Crippen LogP contribution in [0.25, 0.3) is 11.1 Å². The molecule has 1 heteroatoms. The van der Waals surface area contributed by atoms with E-state index in [1.54, 1.807) is 0 Å². The van der Waals surface area contributed by atoms with Gasteiger partial charge in [-0.1, -0.05) is 30.3 Å². The number of hydrogen-bond donors (Lipinski definition) is 1. The molecular weight excluding hydrogens is 292 g/mol. The third-order valence-electron chi connectivity index (χ3n) is 5.70. The number of phenolic OH excluding ortho intramolecular Hbond substituents is 1. The second-order valence-corrected chi connectivity index (χ2v) is 7.29. The summed E-state index contributed by atoms with van der Waals surface area (Å²) >= 11 is 0. The molecule has 0 spiro atoms. The Labute approximate surface area is 145 Å². The number of benzene rings is 2. The second kappa shape index (κ2) is 6.47. The zero-order valence-electron chi connectivity index (χ0n) is 14.4. The van der Waals surface area contributed by atoms with E-state index in [1.165, 1.54) is 71.9 Å². The van der Waals surface area contributed by atoms with Crippen LogP contribution in [0.1, 0.15) is 53.5 Å². The summed E-state index contributed by atoms with van der Waals surface area (Å²) < 4.78 is 0. The van der Waals surface area contributed by atoms with Crippen LogP contribution < -0.4 is 0 Å². The minimum absolute atomic E-state index is 0.528. The largest absolute Gasteiger partial charge is 0.507 e. The molecule has 4 rings (SSSR count). The van der Waals surface area contributed by atoms with Crippen molar-refractivity contribution < 1.29 is 5.11 Å². The zero-order chi connectivity index (χ0) is 16.5. The van der Waals surface area contributed by atoms with E-state index in [9.17, 15) is 5.11 Å². The first-order valence-electron chi connectivity index (χ1n) is 9.37. The molecule has 0 aliphatic heterocycles. The third-order valence-corrected chi connectivity index (χ3v) is 5.70. The maximum atomic E-state index is 11.1. The van der Waals surface area contributed by atoms with Crippen LogP contribution in [0.3, 0.4) is 0 Å². The summed E-state index contributed by atoms with van der Waals surface area (Å²) in [7, 11) is 0. The first-order chi connectivity index (χ1) is 11.8. The van der Waals surface area contributed by atoms with Crippen LogP contribution in [0, 0.1) is 0 Å². The van der Waals surface area contributed by atoms with E-state index in [4.69, 9.17) is 0 Å². The Morgan fingerprint density at radius 1 is 0.875 bits per heavy atom. The highest BCUT2D eigenvalue weighted by atomic mass is 16.3. The fourth-order valence-electron chi connectivity index (χ4n) is 4.47. The van der Waals surface area contributed by atoms with Gasteiger partial charge in [0.05, 0.1) is 0 Å². The Morgan fingerprint density at radius 2 is 1.58 bits per heavy atom. The number of phenols is 1. The summed E-state index contributed by atoms with van der Waals surface area (Å²) in [5, 5.41) is 11.1. The number of rotatable bonds is 3. The van der Waals surface area contributed by atoms with Crippen LogP contribution in [-0.2, 0) is 32.1 Å². The second-order valence-electron chi connectivity index (χ2n) is 7.29.